The fraction of sp³-hybridized carbons (Fsp3) is 0.667. The van der Waals surface area contributed by atoms with E-state index < -0.39 is 0 Å². The fourth-order valence-electron chi connectivity index (χ4n) is 1.24. The van der Waals surface area contributed by atoms with Crippen LogP contribution in [0, 0.1) is 0 Å². The van der Waals surface area contributed by atoms with Gasteiger partial charge in [0, 0.05) is 17.0 Å². The minimum Gasteiger partial charge on any atom is -0.390 e. The third-order valence-electron chi connectivity index (χ3n) is 2.24. The number of hydrogen-bond donors (Lipinski definition) is 1. The monoisotopic (exact) mass is 208 g/mol. The van der Waals surface area contributed by atoms with Crippen LogP contribution in [0.5, 0.6) is 0 Å². The largest absolute Gasteiger partial charge is 0.390 e. The van der Waals surface area contributed by atoms with Crippen molar-refractivity contribution < 1.29 is 5.11 Å². The maximum atomic E-state index is 9.14. The molecule has 15 heavy (non-hydrogen) atoms. The van der Waals surface area contributed by atoms with Crippen LogP contribution in [0.15, 0.2) is 6.07 Å². The second-order valence-electron chi connectivity index (χ2n) is 5.17. The van der Waals surface area contributed by atoms with E-state index in [2.05, 4.69) is 44.6 Å². The molecule has 1 rings (SSSR count). The van der Waals surface area contributed by atoms with E-state index in [1.165, 1.54) is 0 Å². The zero-order valence-electron chi connectivity index (χ0n) is 10.2. The lowest BCUT2D eigenvalue weighted by atomic mass is 9.91. The summed E-state index contributed by atoms with van der Waals surface area (Å²) in [7, 11) is 0. The predicted octanol–water partition coefficient (Wildman–Crippen LogP) is 2.39. The lowest BCUT2D eigenvalue weighted by molar-refractivity contribution is 0.275. The van der Waals surface area contributed by atoms with Gasteiger partial charge in [0.1, 0.15) is 5.82 Å². The van der Waals surface area contributed by atoms with Crippen LogP contribution >= 0.6 is 0 Å². The molecular weight excluding hydrogens is 188 g/mol. The summed E-state index contributed by atoms with van der Waals surface area (Å²) < 4.78 is 0. The van der Waals surface area contributed by atoms with E-state index in [1.807, 2.05) is 6.07 Å². The van der Waals surface area contributed by atoms with Crippen molar-refractivity contribution >= 4 is 0 Å². The van der Waals surface area contributed by atoms with Crippen LogP contribution in [0.2, 0.25) is 0 Å². The second-order valence-corrected chi connectivity index (χ2v) is 5.17. The topological polar surface area (TPSA) is 46.0 Å². The first-order chi connectivity index (χ1) is 6.84. The molecule has 84 valence electrons. The molecule has 0 aromatic carbocycles. The van der Waals surface area contributed by atoms with Crippen LogP contribution in [0.1, 0.15) is 57.7 Å². The number of aliphatic hydroxyl groups is 1. The highest BCUT2D eigenvalue weighted by Crippen LogP contribution is 2.22. The summed E-state index contributed by atoms with van der Waals surface area (Å²) in [5, 5.41) is 9.14. The first kappa shape index (κ1) is 12.1. The molecule has 3 nitrogen and oxygen atoms in total. The van der Waals surface area contributed by atoms with Gasteiger partial charge in [-0.3, -0.25) is 0 Å². The summed E-state index contributed by atoms with van der Waals surface area (Å²) in [5.74, 6) is 1.10. The van der Waals surface area contributed by atoms with Gasteiger partial charge >= 0.3 is 0 Å². The zero-order valence-corrected chi connectivity index (χ0v) is 10.2. The summed E-state index contributed by atoms with van der Waals surface area (Å²) in [4.78, 5) is 8.83. The average Bonchev–Trinajstić information content (AvgIpc) is 2.15. The van der Waals surface area contributed by atoms with Gasteiger partial charge in [0.15, 0.2) is 0 Å². The fourth-order valence-corrected chi connectivity index (χ4v) is 1.24. The van der Waals surface area contributed by atoms with Gasteiger partial charge in [-0.25, -0.2) is 9.97 Å². The molecule has 0 aliphatic carbocycles. The Morgan fingerprint density at radius 2 is 1.87 bits per heavy atom. The van der Waals surface area contributed by atoms with Crippen LogP contribution < -0.4 is 0 Å². The van der Waals surface area contributed by atoms with Gasteiger partial charge in [0.2, 0.25) is 0 Å². The Bertz CT molecular complexity index is 340. The van der Waals surface area contributed by atoms with Crippen LogP contribution in [-0.4, -0.2) is 15.1 Å². The van der Waals surface area contributed by atoms with Crippen molar-refractivity contribution in [2.24, 2.45) is 0 Å². The number of hydrogen-bond acceptors (Lipinski definition) is 3. The van der Waals surface area contributed by atoms with Crippen molar-refractivity contribution in [2.45, 2.75) is 52.6 Å². The van der Waals surface area contributed by atoms with Crippen LogP contribution in [0.3, 0.4) is 0 Å². The summed E-state index contributed by atoms with van der Waals surface area (Å²) in [6.45, 7) is 10.4. The highest BCUT2D eigenvalue weighted by molar-refractivity contribution is 5.18. The summed E-state index contributed by atoms with van der Waals surface area (Å²) in [6.07, 6.45) is 0. The molecule has 1 heterocycles. The normalized spacial score (nSPS) is 12.2. The zero-order chi connectivity index (χ0) is 11.6. The molecule has 1 aromatic heterocycles. The molecule has 0 amide bonds. The first-order valence-corrected chi connectivity index (χ1v) is 5.33. The minimum atomic E-state index is -0.0225. The Balaban J connectivity index is 3.23. The molecule has 0 atom stereocenters. The lowest BCUT2D eigenvalue weighted by Gasteiger charge is -2.19. The maximum absolute atomic E-state index is 9.14. The molecule has 0 radical (unpaired) electrons. The van der Waals surface area contributed by atoms with E-state index in [9.17, 15) is 0 Å². The van der Waals surface area contributed by atoms with Crippen molar-refractivity contribution in [3.05, 3.63) is 23.3 Å². The average molecular weight is 208 g/mol. The highest BCUT2D eigenvalue weighted by Gasteiger charge is 2.18. The summed E-state index contributed by atoms with van der Waals surface area (Å²) in [5.41, 5.74) is 1.69. The predicted molar refractivity (Wildman–Crippen MR) is 60.7 cm³/mol. The smallest absolute Gasteiger partial charge is 0.131 e. The molecule has 0 saturated carbocycles. The van der Waals surface area contributed by atoms with E-state index in [0.29, 0.717) is 5.69 Å². The van der Waals surface area contributed by atoms with Crippen molar-refractivity contribution in [3.63, 3.8) is 0 Å². The van der Waals surface area contributed by atoms with Gasteiger partial charge in [0.05, 0.1) is 12.3 Å². The van der Waals surface area contributed by atoms with Gasteiger partial charge in [-0.2, -0.15) is 0 Å². The molecule has 0 spiro atoms. The van der Waals surface area contributed by atoms with Crippen molar-refractivity contribution in [1.82, 2.24) is 9.97 Å². The molecule has 0 bridgehead atoms. The lowest BCUT2D eigenvalue weighted by Crippen LogP contribution is -2.17. The molecule has 0 unspecified atom stereocenters. The van der Waals surface area contributed by atoms with Gasteiger partial charge in [-0.15, -0.1) is 0 Å². The van der Waals surface area contributed by atoms with Gasteiger partial charge in [0.25, 0.3) is 0 Å². The highest BCUT2D eigenvalue weighted by atomic mass is 16.3. The van der Waals surface area contributed by atoms with Crippen LogP contribution in [0.25, 0.3) is 0 Å². The second kappa shape index (κ2) is 4.27. The number of rotatable bonds is 2. The molecule has 0 saturated heterocycles. The van der Waals surface area contributed by atoms with Crippen molar-refractivity contribution in [1.29, 1.82) is 0 Å². The molecule has 1 N–H and O–H groups in total. The Kier molecular flexibility index (Phi) is 3.45. The van der Waals surface area contributed by atoms with E-state index in [1.54, 1.807) is 0 Å². The van der Waals surface area contributed by atoms with Gasteiger partial charge in [-0.1, -0.05) is 34.6 Å². The Hall–Kier alpha value is -0.960. The third kappa shape index (κ3) is 2.99. The first-order valence-electron chi connectivity index (χ1n) is 5.33. The molecule has 0 aliphatic rings. The van der Waals surface area contributed by atoms with Crippen LogP contribution in [-0.2, 0) is 12.0 Å². The van der Waals surface area contributed by atoms with Crippen molar-refractivity contribution in [2.75, 3.05) is 0 Å². The maximum Gasteiger partial charge on any atom is 0.131 e. The minimum absolute atomic E-state index is 0.00347. The van der Waals surface area contributed by atoms with E-state index in [4.69, 9.17) is 5.11 Å². The molecular formula is C12H20N2O. The summed E-state index contributed by atoms with van der Waals surface area (Å²) >= 11 is 0. The third-order valence-corrected chi connectivity index (χ3v) is 2.24. The van der Waals surface area contributed by atoms with E-state index >= 15 is 0 Å². The van der Waals surface area contributed by atoms with Crippen molar-refractivity contribution in [3.8, 4) is 0 Å². The number of aromatic nitrogens is 2. The molecule has 0 aliphatic heterocycles. The standard InChI is InChI=1S/C12H20N2O/c1-8(2)11-13-9(7-15)6-10(14-11)12(3,4)5/h6,8,15H,7H2,1-5H3. The van der Waals surface area contributed by atoms with Crippen LogP contribution in [0.4, 0.5) is 0 Å². The molecule has 3 heteroatoms. The van der Waals surface area contributed by atoms with Gasteiger partial charge in [-0.05, 0) is 6.07 Å². The Morgan fingerprint density at radius 1 is 1.27 bits per heavy atom. The Morgan fingerprint density at radius 3 is 2.27 bits per heavy atom. The summed E-state index contributed by atoms with van der Waals surface area (Å²) in [6, 6.07) is 1.88. The van der Waals surface area contributed by atoms with E-state index in [-0.39, 0.29) is 17.9 Å². The quantitative estimate of drug-likeness (QED) is 0.811. The Labute approximate surface area is 91.6 Å². The molecule has 1 aromatic rings. The number of nitrogens with zero attached hydrogens (tertiary/aromatic N) is 2. The van der Waals surface area contributed by atoms with Gasteiger partial charge < -0.3 is 5.11 Å². The molecule has 0 fully saturated rings. The SMILES string of the molecule is CC(C)c1nc(CO)cc(C(C)(C)C)n1. The van der Waals surface area contributed by atoms with E-state index in [0.717, 1.165) is 11.5 Å². The number of aliphatic hydroxyl groups excluding tert-OH is 1.